The second kappa shape index (κ2) is 2.36. The highest BCUT2D eigenvalue weighted by atomic mass is 32.1. The summed E-state index contributed by atoms with van der Waals surface area (Å²) < 4.78 is 0. The third kappa shape index (κ3) is 0.828. The Bertz CT molecular complexity index is 209. The quantitative estimate of drug-likeness (QED) is 0.546. The van der Waals surface area contributed by atoms with E-state index in [0.29, 0.717) is 0 Å². The standard InChI is InChI=1S/C10H12S2/c11-9-5-1-6-3-8(9)4-7(2-5)10(6)12/h5-8H,1-4H2. The van der Waals surface area contributed by atoms with Gasteiger partial charge in [0.25, 0.3) is 0 Å². The molecule has 4 aliphatic rings. The van der Waals surface area contributed by atoms with Crippen LogP contribution in [-0.4, -0.2) is 9.73 Å². The van der Waals surface area contributed by atoms with Crippen molar-refractivity contribution in [3.05, 3.63) is 0 Å². The molecule has 0 N–H and O–H groups in total. The average molecular weight is 196 g/mol. The Hall–Kier alpha value is 0.180. The highest BCUT2D eigenvalue weighted by molar-refractivity contribution is 7.81. The van der Waals surface area contributed by atoms with E-state index in [-0.39, 0.29) is 0 Å². The van der Waals surface area contributed by atoms with Crippen molar-refractivity contribution in [2.45, 2.75) is 25.7 Å². The molecule has 0 nitrogen and oxygen atoms in total. The molecule has 4 bridgehead atoms. The van der Waals surface area contributed by atoms with Crippen molar-refractivity contribution in [1.29, 1.82) is 0 Å². The maximum absolute atomic E-state index is 5.47. The van der Waals surface area contributed by atoms with Crippen LogP contribution in [-0.2, 0) is 0 Å². The first-order valence-corrected chi connectivity index (χ1v) is 5.65. The highest BCUT2D eigenvalue weighted by Gasteiger charge is 2.48. The van der Waals surface area contributed by atoms with Crippen LogP contribution in [0.2, 0.25) is 0 Å². The van der Waals surface area contributed by atoms with Crippen LogP contribution in [0, 0.1) is 23.7 Å². The van der Waals surface area contributed by atoms with E-state index in [1.54, 1.807) is 0 Å². The van der Waals surface area contributed by atoms with Crippen LogP contribution < -0.4 is 0 Å². The van der Waals surface area contributed by atoms with Crippen LogP contribution in [0.4, 0.5) is 0 Å². The largest absolute Gasteiger partial charge is 0.0891 e. The van der Waals surface area contributed by atoms with E-state index in [4.69, 9.17) is 24.4 Å². The maximum atomic E-state index is 5.47. The van der Waals surface area contributed by atoms with Gasteiger partial charge in [-0.05, 0) is 59.1 Å². The van der Waals surface area contributed by atoms with E-state index < -0.39 is 0 Å². The normalized spacial score (nSPS) is 50.3. The minimum atomic E-state index is 0.772. The summed E-state index contributed by atoms with van der Waals surface area (Å²) in [4.78, 5) is 2.79. The Morgan fingerprint density at radius 2 is 0.917 bits per heavy atom. The fourth-order valence-electron chi connectivity index (χ4n) is 3.35. The fourth-order valence-corrected chi connectivity index (χ4v) is 4.12. The summed E-state index contributed by atoms with van der Waals surface area (Å²) in [7, 11) is 0. The van der Waals surface area contributed by atoms with E-state index in [1.807, 2.05) is 0 Å². The number of hydrogen-bond acceptors (Lipinski definition) is 2. The van der Waals surface area contributed by atoms with E-state index in [0.717, 1.165) is 23.7 Å². The molecule has 0 saturated heterocycles. The van der Waals surface area contributed by atoms with Crippen LogP contribution in [0.5, 0.6) is 0 Å². The van der Waals surface area contributed by atoms with Gasteiger partial charge in [-0.25, -0.2) is 0 Å². The van der Waals surface area contributed by atoms with Crippen molar-refractivity contribution in [2.24, 2.45) is 23.7 Å². The number of hydrogen-bond donors (Lipinski definition) is 0. The Kier molecular flexibility index (Phi) is 1.49. The number of thiocarbonyl (C=S) groups is 2. The van der Waals surface area contributed by atoms with E-state index in [9.17, 15) is 0 Å². The molecule has 0 atom stereocenters. The number of rotatable bonds is 0. The summed E-state index contributed by atoms with van der Waals surface area (Å²) in [5.74, 6) is 3.09. The molecule has 64 valence electrons. The van der Waals surface area contributed by atoms with Gasteiger partial charge < -0.3 is 0 Å². The van der Waals surface area contributed by atoms with Gasteiger partial charge in [-0.15, -0.1) is 0 Å². The zero-order valence-corrected chi connectivity index (χ0v) is 8.59. The molecule has 0 aromatic rings. The lowest BCUT2D eigenvalue weighted by molar-refractivity contribution is 0.241. The third-order valence-electron chi connectivity index (χ3n) is 3.89. The predicted molar refractivity (Wildman–Crippen MR) is 57.6 cm³/mol. The van der Waals surface area contributed by atoms with Crippen molar-refractivity contribution in [1.82, 2.24) is 0 Å². The molecular weight excluding hydrogens is 184 g/mol. The monoisotopic (exact) mass is 196 g/mol. The second-order valence-electron chi connectivity index (χ2n) is 4.54. The van der Waals surface area contributed by atoms with Gasteiger partial charge in [0, 0.05) is 0 Å². The molecule has 4 fully saturated rings. The SMILES string of the molecule is S=C1C2CC3CC1CC(C2)C3=S. The van der Waals surface area contributed by atoms with Crippen molar-refractivity contribution >= 4 is 34.2 Å². The minimum Gasteiger partial charge on any atom is -0.0891 e. The van der Waals surface area contributed by atoms with Gasteiger partial charge in [-0.3, -0.25) is 0 Å². The molecule has 4 aliphatic carbocycles. The van der Waals surface area contributed by atoms with Gasteiger partial charge in [0.2, 0.25) is 0 Å². The molecule has 0 spiro atoms. The van der Waals surface area contributed by atoms with Crippen molar-refractivity contribution in [3.63, 3.8) is 0 Å². The molecule has 0 aromatic heterocycles. The summed E-state index contributed by atoms with van der Waals surface area (Å²) in [5.41, 5.74) is 0. The lowest BCUT2D eigenvalue weighted by Crippen LogP contribution is -2.49. The molecule has 0 aromatic carbocycles. The predicted octanol–water partition coefficient (Wildman–Crippen LogP) is 2.79. The van der Waals surface area contributed by atoms with Gasteiger partial charge in [0.05, 0.1) is 0 Å². The van der Waals surface area contributed by atoms with Gasteiger partial charge in [-0.1, -0.05) is 24.4 Å². The van der Waals surface area contributed by atoms with Gasteiger partial charge in [0.15, 0.2) is 0 Å². The zero-order chi connectivity index (χ0) is 8.29. The van der Waals surface area contributed by atoms with Crippen LogP contribution >= 0.6 is 24.4 Å². The smallest absolute Gasteiger partial charge is 0.000879 e. The first-order chi connectivity index (χ1) is 5.75. The van der Waals surface area contributed by atoms with Crippen molar-refractivity contribution in [3.8, 4) is 0 Å². The molecule has 4 saturated carbocycles. The lowest BCUT2D eigenvalue weighted by atomic mass is 9.56. The zero-order valence-electron chi connectivity index (χ0n) is 6.95. The first kappa shape index (κ1) is 7.57. The fraction of sp³-hybridized carbons (Fsp3) is 0.800. The van der Waals surface area contributed by atoms with E-state index >= 15 is 0 Å². The van der Waals surface area contributed by atoms with Gasteiger partial charge in [0.1, 0.15) is 0 Å². The maximum Gasteiger partial charge on any atom is -0.000879 e. The summed E-state index contributed by atoms with van der Waals surface area (Å²) in [6, 6.07) is 0. The highest BCUT2D eigenvalue weighted by Crippen LogP contribution is 2.51. The van der Waals surface area contributed by atoms with Crippen LogP contribution in [0.25, 0.3) is 0 Å². The van der Waals surface area contributed by atoms with E-state index in [2.05, 4.69) is 0 Å². The first-order valence-electron chi connectivity index (χ1n) is 4.83. The molecule has 0 unspecified atom stereocenters. The molecular formula is C10H12S2. The molecule has 0 amide bonds. The Morgan fingerprint density at radius 1 is 0.667 bits per heavy atom. The molecule has 0 aliphatic heterocycles. The Balaban J connectivity index is 2.01. The lowest BCUT2D eigenvalue weighted by Gasteiger charge is -2.50. The summed E-state index contributed by atoms with van der Waals surface area (Å²) in [5, 5.41) is 0. The van der Waals surface area contributed by atoms with Crippen molar-refractivity contribution in [2.75, 3.05) is 0 Å². The second-order valence-corrected chi connectivity index (χ2v) is 5.48. The molecule has 0 radical (unpaired) electrons. The minimum absolute atomic E-state index is 0.772. The summed E-state index contributed by atoms with van der Waals surface area (Å²) in [6.07, 6.45) is 5.19. The van der Waals surface area contributed by atoms with Gasteiger partial charge in [-0.2, -0.15) is 0 Å². The van der Waals surface area contributed by atoms with Gasteiger partial charge >= 0.3 is 0 Å². The Labute approximate surface area is 83.7 Å². The molecule has 2 heteroatoms. The average Bonchev–Trinajstić information content (AvgIpc) is 2.02. The van der Waals surface area contributed by atoms with Crippen LogP contribution in [0.3, 0.4) is 0 Å². The summed E-state index contributed by atoms with van der Waals surface area (Å²) in [6.45, 7) is 0. The third-order valence-corrected chi connectivity index (χ3v) is 5.22. The van der Waals surface area contributed by atoms with Crippen LogP contribution in [0.15, 0.2) is 0 Å². The molecule has 12 heavy (non-hydrogen) atoms. The molecule has 4 rings (SSSR count). The topological polar surface area (TPSA) is 0 Å². The summed E-state index contributed by atoms with van der Waals surface area (Å²) >= 11 is 10.9. The molecule has 0 heterocycles. The van der Waals surface area contributed by atoms with Crippen LogP contribution in [0.1, 0.15) is 25.7 Å². The van der Waals surface area contributed by atoms with Crippen molar-refractivity contribution < 1.29 is 0 Å². The van der Waals surface area contributed by atoms with E-state index in [1.165, 1.54) is 35.4 Å². The Morgan fingerprint density at radius 3 is 1.17 bits per heavy atom.